The lowest BCUT2D eigenvalue weighted by Crippen LogP contribution is -2.29. The van der Waals surface area contributed by atoms with Crippen LogP contribution in [0.25, 0.3) is 17.0 Å². The van der Waals surface area contributed by atoms with Crippen molar-refractivity contribution in [1.82, 2.24) is 9.97 Å². The first kappa shape index (κ1) is 17.1. The molecule has 0 aliphatic carbocycles. The first-order valence-corrected chi connectivity index (χ1v) is 8.80. The summed E-state index contributed by atoms with van der Waals surface area (Å²) in [6.45, 7) is 6.92. The molecule has 0 spiro atoms. The number of amides is 1. The van der Waals surface area contributed by atoms with Crippen molar-refractivity contribution in [2.45, 2.75) is 26.2 Å². The van der Waals surface area contributed by atoms with Crippen LogP contribution in [0, 0.1) is 0 Å². The molecule has 0 bridgehead atoms. The van der Waals surface area contributed by atoms with Gasteiger partial charge in [0.05, 0.1) is 23.6 Å². The number of hydrogen-bond donors (Lipinski definition) is 2. The van der Waals surface area contributed by atoms with Crippen LogP contribution in [0.2, 0.25) is 0 Å². The lowest BCUT2D eigenvalue weighted by atomic mass is 9.85. The number of hydrogen-bond acceptors (Lipinski definition) is 4. The minimum Gasteiger partial charge on any atom is -0.359 e. The molecule has 27 heavy (non-hydrogen) atoms. The molecule has 1 aliphatic rings. The van der Waals surface area contributed by atoms with Gasteiger partial charge in [-0.2, -0.15) is 0 Å². The van der Waals surface area contributed by atoms with Crippen LogP contribution >= 0.6 is 0 Å². The number of pyridine rings is 2. The van der Waals surface area contributed by atoms with Crippen molar-refractivity contribution in [3.05, 3.63) is 68.7 Å². The number of rotatable bonds is 2. The smallest absolute Gasteiger partial charge is 0.261 e. The van der Waals surface area contributed by atoms with E-state index in [2.05, 4.69) is 53.2 Å². The Labute approximate surface area is 155 Å². The summed E-state index contributed by atoms with van der Waals surface area (Å²) < 4.78 is 0. The molecule has 3 heterocycles. The largest absolute Gasteiger partial charge is 0.359 e. The molecule has 2 N–H and O–H groups in total. The Kier molecular flexibility index (Phi) is 3.91. The topological polar surface area (TPSA) is 87.2 Å². The van der Waals surface area contributed by atoms with Crippen LogP contribution in [0.4, 0.5) is 5.69 Å². The number of anilines is 1. The highest BCUT2D eigenvalue weighted by atomic mass is 16.2. The predicted octanol–water partition coefficient (Wildman–Crippen LogP) is 1.89. The number of nitrogens with one attached hydrogen (secondary N) is 2. The van der Waals surface area contributed by atoms with Crippen molar-refractivity contribution in [3.8, 4) is 0 Å². The molecule has 6 heteroatoms. The normalized spacial score (nSPS) is 13.0. The van der Waals surface area contributed by atoms with Crippen molar-refractivity contribution in [2.75, 3.05) is 11.9 Å². The molecule has 1 aromatic carbocycles. The maximum absolute atomic E-state index is 12.9. The van der Waals surface area contributed by atoms with E-state index in [1.54, 1.807) is 12.3 Å². The molecule has 6 nitrogen and oxygen atoms in total. The van der Waals surface area contributed by atoms with Gasteiger partial charge in [0.1, 0.15) is 5.56 Å². The number of benzene rings is 1. The highest BCUT2D eigenvalue weighted by molar-refractivity contribution is 6.06. The first-order chi connectivity index (χ1) is 12.8. The molecule has 0 fully saturated rings. The van der Waals surface area contributed by atoms with Crippen LogP contribution in [0.1, 0.15) is 36.7 Å². The number of nitrogens with zero attached hydrogens (tertiary/aromatic N) is 2. The fourth-order valence-corrected chi connectivity index (χ4v) is 3.30. The number of H-pyrrole nitrogens is 1. The van der Waals surface area contributed by atoms with Crippen molar-refractivity contribution in [2.24, 2.45) is 4.99 Å². The number of aromatic amines is 1. The zero-order valence-corrected chi connectivity index (χ0v) is 15.5. The standard InChI is InChI=1S/C21H20N4O2/c1-21(2,3)15-8-12-4-7-23-16(12)9-17(15)25-20(27)14-10-24-18-11-22-6-5-13(18)19(14)26/h4-6,8-11H,7H2,1-3H3,(H,24,26)(H,25,27). The van der Waals surface area contributed by atoms with Gasteiger partial charge in [-0.05, 0) is 34.4 Å². The van der Waals surface area contributed by atoms with E-state index >= 15 is 0 Å². The third-order valence-corrected chi connectivity index (χ3v) is 4.72. The fourth-order valence-electron chi connectivity index (χ4n) is 3.30. The minimum absolute atomic E-state index is 0.0672. The lowest BCUT2D eigenvalue weighted by molar-refractivity contribution is 0.102. The van der Waals surface area contributed by atoms with Crippen LogP contribution in [0.3, 0.4) is 0 Å². The van der Waals surface area contributed by atoms with Crippen LogP contribution in [0.5, 0.6) is 0 Å². The lowest BCUT2D eigenvalue weighted by Gasteiger charge is -2.23. The maximum atomic E-state index is 12.9. The molecule has 0 saturated carbocycles. The zero-order chi connectivity index (χ0) is 19.2. The molecule has 1 aliphatic heterocycles. The third-order valence-electron chi connectivity index (χ3n) is 4.72. The Morgan fingerprint density at radius 1 is 1.26 bits per heavy atom. The molecule has 1 amide bonds. The van der Waals surface area contributed by atoms with E-state index in [9.17, 15) is 9.59 Å². The third kappa shape index (κ3) is 3.03. The molecule has 0 unspecified atom stereocenters. The molecular formula is C21H20N4O2. The van der Waals surface area contributed by atoms with Gasteiger partial charge in [-0.3, -0.25) is 19.6 Å². The summed E-state index contributed by atoms with van der Waals surface area (Å²) in [7, 11) is 0. The molecule has 2 aromatic heterocycles. The monoisotopic (exact) mass is 360 g/mol. The van der Waals surface area contributed by atoms with Gasteiger partial charge < -0.3 is 10.3 Å². The van der Waals surface area contributed by atoms with Gasteiger partial charge >= 0.3 is 0 Å². The summed E-state index contributed by atoms with van der Waals surface area (Å²) in [6.07, 6.45) is 6.60. The molecule has 4 rings (SSSR count). The van der Waals surface area contributed by atoms with Crippen molar-refractivity contribution >= 4 is 28.6 Å². The summed E-state index contributed by atoms with van der Waals surface area (Å²) in [5, 5.41) is 5.29. The number of carbonyl (C=O) groups excluding carboxylic acids is 1. The molecule has 0 atom stereocenters. The van der Waals surface area contributed by atoms with Crippen LogP contribution in [-0.2, 0) is 5.41 Å². The fraction of sp³-hybridized carbons (Fsp3) is 0.238. The summed E-state index contributed by atoms with van der Waals surface area (Å²) in [5.74, 6) is -0.442. The SMILES string of the molecule is CC(C)(C)c1cc2c(cc1NC(=O)c1c[nH]c3cnccc3c1=O)=NCC=2. The predicted molar refractivity (Wildman–Crippen MR) is 106 cm³/mol. The Morgan fingerprint density at radius 3 is 2.85 bits per heavy atom. The van der Waals surface area contributed by atoms with Crippen LogP contribution < -0.4 is 21.3 Å². The number of fused-ring (bicyclic) bond motifs is 2. The van der Waals surface area contributed by atoms with E-state index in [4.69, 9.17) is 0 Å². The van der Waals surface area contributed by atoms with E-state index in [0.29, 0.717) is 23.1 Å². The van der Waals surface area contributed by atoms with Gasteiger partial charge in [0, 0.05) is 23.5 Å². The molecule has 3 aromatic rings. The van der Waals surface area contributed by atoms with Gasteiger partial charge in [0.25, 0.3) is 5.91 Å². The number of aromatic nitrogens is 2. The van der Waals surface area contributed by atoms with Crippen molar-refractivity contribution in [1.29, 1.82) is 0 Å². The zero-order valence-electron chi connectivity index (χ0n) is 15.5. The average Bonchev–Trinajstić information content (AvgIpc) is 3.08. The summed E-state index contributed by atoms with van der Waals surface area (Å²) >= 11 is 0. The Morgan fingerprint density at radius 2 is 2.07 bits per heavy atom. The van der Waals surface area contributed by atoms with Gasteiger partial charge in [0.15, 0.2) is 0 Å². The molecule has 136 valence electrons. The summed E-state index contributed by atoms with van der Waals surface area (Å²) in [5.41, 5.74) is 1.86. The minimum atomic E-state index is -0.442. The van der Waals surface area contributed by atoms with E-state index in [-0.39, 0.29) is 16.4 Å². The van der Waals surface area contributed by atoms with E-state index in [1.165, 1.54) is 12.4 Å². The quantitative estimate of drug-likeness (QED) is 0.732. The van der Waals surface area contributed by atoms with Gasteiger partial charge in [-0.15, -0.1) is 0 Å². The second-order valence-corrected chi connectivity index (χ2v) is 7.66. The van der Waals surface area contributed by atoms with E-state index < -0.39 is 5.91 Å². The van der Waals surface area contributed by atoms with Gasteiger partial charge in [-0.25, -0.2) is 0 Å². The van der Waals surface area contributed by atoms with Crippen LogP contribution in [0.15, 0.2) is 46.6 Å². The highest BCUT2D eigenvalue weighted by Crippen LogP contribution is 2.28. The Bertz CT molecular complexity index is 1250. The first-order valence-electron chi connectivity index (χ1n) is 8.80. The Hall–Kier alpha value is -3.28. The molecule has 0 saturated heterocycles. The molecular weight excluding hydrogens is 340 g/mol. The second-order valence-electron chi connectivity index (χ2n) is 7.66. The highest BCUT2D eigenvalue weighted by Gasteiger charge is 2.22. The van der Waals surface area contributed by atoms with E-state index in [1.807, 2.05) is 6.07 Å². The Balaban J connectivity index is 1.80. The van der Waals surface area contributed by atoms with E-state index in [0.717, 1.165) is 16.1 Å². The van der Waals surface area contributed by atoms with Gasteiger partial charge in [-0.1, -0.05) is 26.8 Å². The molecule has 0 radical (unpaired) electrons. The maximum Gasteiger partial charge on any atom is 0.261 e. The summed E-state index contributed by atoms with van der Waals surface area (Å²) in [6, 6.07) is 5.56. The van der Waals surface area contributed by atoms with Gasteiger partial charge in [0.2, 0.25) is 5.43 Å². The van der Waals surface area contributed by atoms with Crippen molar-refractivity contribution in [3.63, 3.8) is 0 Å². The summed E-state index contributed by atoms with van der Waals surface area (Å²) in [4.78, 5) is 37.0. The second kappa shape index (κ2) is 6.16. The van der Waals surface area contributed by atoms with Crippen LogP contribution in [-0.4, -0.2) is 22.4 Å². The average molecular weight is 360 g/mol. The number of carbonyl (C=O) groups is 1. The van der Waals surface area contributed by atoms with Crippen molar-refractivity contribution < 1.29 is 4.79 Å².